The van der Waals surface area contributed by atoms with Crippen molar-refractivity contribution in [2.75, 3.05) is 18.8 Å². The van der Waals surface area contributed by atoms with Gasteiger partial charge < -0.3 is 0 Å². The number of aromatic nitrogens is 1. The second-order valence-electron chi connectivity index (χ2n) is 8.43. The summed E-state index contributed by atoms with van der Waals surface area (Å²) in [5.74, 6) is 0.151. The topological polar surface area (TPSA) is 50.3 Å². The lowest BCUT2D eigenvalue weighted by Crippen LogP contribution is -2.36. The molecule has 5 heteroatoms. The first kappa shape index (κ1) is 20.0. The van der Waals surface area contributed by atoms with Gasteiger partial charge >= 0.3 is 0 Å². The average molecular weight is 387 g/mol. The first-order valence-corrected chi connectivity index (χ1v) is 11.4. The van der Waals surface area contributed by atoms with Crippen LogP contribution in [0.15, 0.2) is 53.7 Å². The van der Waals surface area contributed by atoms with Crippen LogP contribution in [0, 0.1) is 0 Å². The molecule has 0 amide bonds. The van der Waals surface area contributed by atoms with E-state index in [1.165, 1.54) is 12.0 Å². The molecule has 146 valence electrons. The summed E-state index contributed by atoms with van der Waals surface area (Å²) in [5.41, 5.74) is 2.35. The van der Waals surface area contributed by atoms with Crippen LogP contribution in [-0.4, -0.2) is 37.1 Å². The molecule has 0 N–H and O–H groups in total. The quantitative estimate of drug-likeness (QED) is 0.765. The van der Waals surface area contributed by atoms with E-state index in [9.17, 15) is 8.42 Å². The number of sulfone groups is 1. The Balaban J connectivity index is 1.70. The third-order valence-electron chi connectivity index (χ3n) is 5.41. The van der Waals surface area contributed by atoms with Crippen LogP contribution in [0.4, 0.5) is 0 Å². The van der Waals surface area contributed by atoms with Crippen molar-refractivity contribution in [3.8, 4) is 0 Å². The number of nitrogens with zero attached hydrogens (tertiary/aromatic N) is 2. The van der Waals surface area contributed by atoms with Crippen LogP contribution in [0.2, 0.25) is 0 Å². The summed E-state index contributed by atoms with van der Waals surface area (Å²) in [5, 5.41) is 0. The van der Waals surface area contributed by atoms with Crippen molar-refractivity contribution in [2.24, 2.45) is 0 Å². The Hall–Kier alpha value is -1.72. The van der Waals surface area contributed by atoms with Crippen molar-refractivity contribution in [3.63, 3.8) is 0 Å². The van der Waals surface area contributed by atoms with Crippen LogP contribution in [0.1, 0.15) is 57.2 Å². The van der Waals surface area contributed by atoms with Crippen LogP contribution < -0.4 is 0 Å². The number of likely N-dealkylation sites (tertiary alicyclic amines) is 1. The SMILES string of the molecule is CC(C)(C)c1ccc(S(=O)(=O)CCN2CCCCC2c2cccnc2)cc1. The monoisotopic (exact) mass is 386 g/mol. The minimum atomic E-state index is -3.28. The first-order chi connectivity index (χ1) is 12.8. The van der Waals surface area contributed by atoms with Crippen LogP contribution >= 0.6 is 0 Å². The van der Waals surface area contributed by atoms with E-state index in [2.05, 4.69) is 36.7 Å². The van der Waals surface area contributed by atoms with Gasteiger partial charge in [0.2, 0.25) is 0 Å². The third-order valence-corrected chi connectivity index (χ3v) is 7.12. The molecule has 1 fully saturated rings. The maximum atomic E-state index is 12.8. The van der Waals surface area contributed by atoms with Gasteiger partial charge in [0, 0.05) is 25.0 Å². The maximum Gasteiger partial charge on any atom is 0.179 e. The van der Waals surface area contributed by atoms with Crippen molar-refractivity contribution in [1.82, 2.24) is 9.88 Å². The summed E-state index contributed by atoms with van der Waals surface area (Å²) in [7, 11) is -3.28. The van der Waals surface area contributed by atoms with Crippen molar-refractivity contribution in [2.45, 2.75) is 56.4 Å². The second-order valence-corrected chi connectivity index (χ2v) is 10.5. The molecule has 3 rings (SSSR count). The molecule has 2 heterocycles. The molecule has 1 aromatic heterocycles. The minimum Gasteiger partial charge on any atom is -0.295 e. The molecule has 0 bridgehead atoms. The molecule has 0 saturated carbocycles. The fourth-order valence-corrected chi connectivity index (χ4v) is 4.99. The lowest BCUT2D eigenvalue weighted by Gasteiger charge is -2.35. The van der Waals surface area contributed by atoms with Gasteiger partial charge in [0.05, 0.1) is 10.6 Å². The Bertz CT molecular complexity index is 840. The molecule has 1 aromatic carbocycles. The van der Waals surface area contributed by atoms with E-state index in [0.717, 1.165) is 24.9 Å². The van der Waals surface area contributed by atoms with E-state index in [1.807, 2.05) is 24.4 Å². The number of rotatable bonds is 5. The van der Waals surface area contributed by atoms with Crippen LogP contribution in [0.3, 0.4) is 0 Å². The van der Waals surface area contributed by atoms with Crippen molar-refractivity contribution in [1.29, 1.82) is 0 Å². The average Bonchev–Trinajstić information content (AvgIpc) is 2.67. The van der Waals surface area contributed by atoms with Gasteiger partial charge in [-0.1, -0.05) is 45.4 Å². The third kappa shape index (κ3) is 4.96. The van der Waals surface area contributed by atoms with Crippen molar-refractivity contribution >= 4 is 9.84 Å². The number of benzene rings is 1. The van der Waals surface area contributed by atoms with Gasteiger partial charge in [0.1, 0.15) is 0 Å². The Labute approximate surface area is 163 Å². The van der Waals surface area contributed by atoms with E-state index in [-0.39, 0.29) is 17.2 Å². The smallest absolute Gasteiger partial charge is 0.179 e. The van der Waals surface area contributed by atoms with E-state index in [0.29, 0.717) is 11.4 Å². The lowest BCUT2D eigenvalue weighted by molar-refractivity contribution is 0.158. The first-order valence-electron chi connectivity index (χ1n) is 9.75. The van der Waals surface area contributed by atoms with E-state index < -0.39 is 9.84 Å². The Morgan fingerprint density at radius 2 is 1.85 bits per heavy atom. The summed E-state index contributed by atoms with van der Waals surface area (Å²) in [6, 6.07) is 11.7. The van der Waals surface area contributed by atoms with Crippen LogP contribution in [0.5, 0.6) is 0 Å². The predicted octanol–water partition coefficient (Wildman–Crippen LogP) is 4.38. The fourth-order valence-electron chi connectivity index (χ4n) is 3.73. The number of pyridine rings is 1. The molecule has 1 saturated heterocycles. The van der Waals surface area contributed by atoms with Gasteiger partial charge in [-0.15, -0.1) is 0 Å². The highest BCUT2D eigenvalue weighted by Crippen LogP contribution is 2.30. The van der Waals surface area contributed by atoms with Gasteiger partial charge in [-0.25, -0.2) is 8.42 Å². The van der Waals surface area contributed by atoms with Gasteiger partial charge in [-0.2, -0.15) is 0 Å². The molecule has 0 radical (unpaired) electrons. The molecule has 1 atom stereocenters. The number of hydrogen-bond acceptors (Lipinski definition) is 4. The molecule has 2 aromatic rings. The summed E-state index contributed by atoms with van der Waals surface area (Å²) in [6.07, 6.45) is 7.05. The van der Waals surface area contributed by atoms with Gasteiger partial charge in [-0.3, -0.25) is 9.88 Å². The van der Waals surface area contributed by atoms with E-state index >= 15 is 0 Å². The molecule has 1 aliphatic rings. The predicted molar refractivity (Wildman–Crippen MR) is 110 cm³/mol. The van der Waals surface area contributed by atoms with E-state index in [1.54, 1.807) is 18.3 Å². The molecule has 27 heavy (non-hydrogen) atoms. The zero-order valence-electron chi connectivity index (χ0n) is 16.6. The van der Waals surface area contributed by atoms with Gasteiger partial charge in [0.15, 0.2) is 9.84 Å². The fraction of sp³-hybridized carbons (Fsp3) is 0.500. The number of piperidine rings is 1. The Kier molecular flexibility index (Phi) is 6.02. The lowest BCUT2D eigenvalue weighted by atomic mass is 9.87. The largest absolute Gasteiger partial charge is 0.295 e. The second kappa shape index (κ2) is 8.11. The van der Waals surface area contributed by atoms with Gasteiger partial charge in [0.25, 0.3) is 0 Å². The highest BCUT2D eigenvalue weighted by atomic mass is 32.2. The Morgan fingerprint density at radius 1 is 1.11 bits per heavy atom. The van der Waals surface area contributed by atoms with Crippen molar-refractivity contribution in [3.05, 3.63) is 59.9 Å². The van der Waals surface area contributed by atoms with E-state index in [4.69, 9.17) is 0 Å². The molecule has 1 unspecified atom stereocenters. The highest BCUT2D eigenvalue weighted by molar-refractivity contribution is 7.91. The highest BCUT2D eigenvalue weighted by Gasteiger charge is 2.26. The zero-order chi connectivity index (χ0) is 19.5. The summed E-state index contributed by atoms with van der Waals surface area (Å²) in [4.78, 5) is 6.96. The number of hydrogen-bond donors (Lipinski definition) is 0. The molecular weight excluding hydrogens is 356 g/mol. The summed E-state index contributed by atoms with van der Waals surface area (Å²) in [6.45, 7) is 7.89. The normalized spacial score (nSPS) is 19.1. The zero-order valence-corrected chi connectivity index (χ0v) is 17.4. The van der Waals surface area contributed by atoms with Crippen LogP contribution in [-0.2, 0) is 15.3 Å². The summed E-state index contributed by atoms with van der Waals surface area (Å²) < 4.78 is 25.7. The minimum absolute atomic E-state index is 0.0209. The van der Waals surface area contributed by atoms with Gasteiger partial charge in [-0.05, 0) is 54.1 Å². The molecule has 0 aliphatic carbocycles. The molecular formula is C22H30N2O2S. The maximum absolute atomic E-state index is 12.8. The standard InChI is InChI=1S/C22H30N2O2S/c1-22(2,3)19-9-11-20(12-10-19)27(25,26)16-15-24-14-5-4-8-21(24)18-7-6-13-23-17-18/h6-7,9-13,17,21H,4-5,8,14-16H2,1-3H3. The van der Waals surface area contributed by atoms with Crippen LogP contribution in [0.25, 0.3) is 0 Å². The molecule has 1 aliphatic heterocycles. The van der Waals surface area contributed by atoms with Crippen molar-refractivity contribution < 1.29 is 8.42 Å². The molecule has 4 nitrogen and oxygen atoms in total. The Morgan fingerprint density at radius 3 is 2.48 bits per heavy atom. The molecule has 0 spiro atoms. The summed E-state index contributed by atoms with van der Waals surface area (Å²) >= 11 is 0.